The smallest absolute Gasteiger partial charge is 0.305 e. The average molecular weight is 1050 g/mol. The quantitative estimate of drug-likeness (QED) is 0.0337. The predicted octanol–water partition coefficient (Wildman–Crippen LogP) is 11.2. The van der Waals surface area contributed by atoms with Crippen LogP contribution >= 0.6 is 0 Å². The molecule has 0 aromatic heterocycles. The van der Waals surface area contributed by atoms with Gasteiger partial charge in [0.1, 0.15) is 30.5 Å². The number of aliphatic hydroxyl groups is 1. The van der Waals surface area contributed by atoms with E-state index in [1.54, 1.807) is 0 Å². The number of esters is 2. The SMILES string of the molecule is COC(=O)CCCCCCCCO[C@H]1O[C@H](CO[Si](C)(C)C(C)(C)C)C[C@H](OCCCCCCCCC(=O)OC)[C@H]1O[C@@H]1O[C@H](CO)[C@@H](OCc2ccccc2)[C@H](OCc2ccccc2)[C@H]1OCc1ccccc1. The van der Waals surface area contributed by atoms with Gasteiger partial charge < -0.3 is 56.9 Å². The Morgan fingerprint density at radius 3 is 1.47 bits per heavy atom. The lowest BCUT2D eigenvalue weighted by Gasteiger charge is -2.48. The van der Waals surface area contributed by atoms with Gasteiger partial charge in [-0.15, -0.1) is 0 Å². The molecular weight excluding hydrogens is 961 g/mol. The van der Waals surface area contributed by atoms with Crippen LogP contribution in [0.15, 0.2) is 91.0 Å². The fourth-order valence-electron chi connectivity index (χ4n) is 8.92. The van der Waals surface area contributed by atoms with Gasteiger partial charge in [0.05, 0.1) is 59.5 Å². The molecule has 5 rings (SSSR count). The second kappa shape index (κ2) is 33.5. The first kappa shape index (κ1) is 61.3. The van der Waals surface area contributed by atoms with Gasteiger partial charge in [0.25, 0.3) is 0 Å². The van der Waals surface area contributed by atoms with E-state index >= 15 is 0 Å². The van der Waals surface area contributed by atoms with Gasteiger partial charge >= 0.3 is 11.9 Å². The molecule has 0 saturated carbocycles. The van der Waals surface area contributed by atoms with Crippen molar-refractivity contribution in [3.05, 3.63) is 108 Å². The summed E-state index contributed by atoms with van der Waals surface area (Å²) in [6.45, 7) is 12.8. The van der Waals surface area contributed by atoms with Crippen molar-refractivity contribution in [1.29, 1.82) is 0 Å². The van der Waals surface area contributed by atoms with Crippen LogP contribution in [0.4, 0.5) is 0 Å². The van der Waals surface area contributed by atoms with E-state index in [9.17, 15) is 14.7 Å². The van der Waals surface area contributed by atoms with E-state index in [2.05, 4.69) is 33.9 Å². The van der Waals surface area contributed by atoms with Crippen molar-refractivity contribution in [3.63, 3.8) is 0 Å². The van der Waals surface area contributed by atoms with Crippen LogP contribution in [0, 0.1) is 0 Å². The van der Waals surface area contributed by atoms with Crippen LogP contribution in [0.5, 0.6) is 0 Å². The summed E-state index contributed by atoms with van der Waals surface area (Å²) in [7, 11) is 0.690. The Balaban J connectivity index is 1.43. The van der Waals surface area contributed by atoms with Crippen molar-refractivity contribution < 1.29 is 66.5 Å². The second-order valence-corrected chi connectivity index (χ2v) is 26.0. The number of rotatable bonds is 35. The minimum atomic E-state index is -2.17. The normalized spacial score (nSPS) is 23.4. The van der Waals surface area contributed by atoms with Crippen LogP contribution in [0.25, 0.3) is 0 Å². The number of benzene rings is 3. The molecule has 0 bridgehead atoms. The first-order valence-corrected chi connectivity index (χ1v) is 30.3. The van der Waals surface area contributed by atoms with Gasteiger partial charge in [-0.2, -0.15) is 0 Å². The van der Waals surface area contributed by atoms with Crippen molar-refractivity contribution in [2.75, 3.05) is 40.6 Å². The molecule has 2 aliphatic rings. The standard InChI is InChI=1S/C59H90O14Si/c1-59(2,3)74(6,7)70-44-48-39-49(65-37-27-14-10-8-12-25-35-51(61)63-4)54(57(71-48)66-38-28-15-11-9-13-26-36-52(62)64-5)73-58-56(69-43-47-33-23-18-24-34-47)55(68-42-46-31-21-17-22-32-46)53(50(40-60)72-58)67-41-45-29-19-16-20-30-45/h16-24,29-34,48-50,53-58,60H,8-15,25-28,35-44H2,1-7H3/t48-,49-,50+,53+,54+,55-,56+,57-,58-/m0/s1. The zero-order chi connectivity index (χ0) is 53.0. The molecule has 0 spiro atoms. The Hall–Kier alpha value is -3.58. The van der Waals surface area contributed by atoms with Crippen LogP contribution in [-0.4, -0.2) is 121 Å². The minimum Gasteiger partial charge on any atom is -0.469 e. The maximum atomic E-state index is 11.6. The number of unbranched alkanes of at least 4 members (excludes halogenated alkanes) is 10. The molecule has 2 aliphatic heterocycles. The van der Waals surface area contributed by atoms with Crippen molar-refractivity contribution in [2.45, 2.75) is 210 Å². The zero-order valence-electron chi connectivity index (χ0n) is 45.7. The molecule has 2 heterocycles. The van der Waals surface area contributed by atoms with E-state index in [0.717, 1.165) is 93.7 Å². The van der Waals surface area contributed by atoms with Gasteiger partial charge in [-0.3, -0.25) is 9.59 Å². The molecule has 414 valence electrons. The third-order valence-corrected chi connectivity index (χ3v) is 18.9. The van der Waals surface area contributed by atoms with Gasteiger partial charge in [-0.25, -0.2) is 0 Å². The van der Waals surface area contributed by atoms with Crippen molar-refractivity contribution >= 4 is 20.3 Å². The Morgan fingerprint density at radius 1 is 0.554 bits per heavy atom. The Labute approximate surface area is 443 Å². The molecule has 1 N–H and O–H groups in total. The van der Waals surface area contributed by atoms with Gasteiger partial charge in [0, 0.05) is 32.5 Å². The number of methoxy groups -OCH3 is 2. The maximum absolute atomic E-state index is 11.6. The van der Waals surface area contributed by atoms with Gasteiger partial charge in [-0.05, 0) is 60.5 Å². The minimum absolute atomic E-state index is 0.00411. The highest BCUT2D eigenvalue weighted by Crippen LogP contribution is 2.39. The highest BCUT2D eigenvalue weighted by molar-refractivity contribution is 6.74. The third-order valence-electron chi connectivity index (χ3n) is 14.4. The summed E-state index contributed by atoms with van der Waals surface area (Å²) in [5.74, 6) is -0.343. The molecule has 9 atom stereocenters. The lowest BCUT2D eigenvalue weighted by molar-refractivity contribution is -0.370. The lowest BCUT2D eigenvalue weighted by Crippen LogP contribution is -2.64. The summed E-state index contributed by atoms with van der Waals surface area (Å²) in [6, 6.07) is 29.8. The molecular formula is C59H90O14Si. The van der Waals surface area contributed by atoms with E-state index in [-0.39, 0.29) is 49.5 Å². The molecule has 0 unspecified atom stereocenters. The van der Waals surface area contributed by atoms with Crippen LogP contribution < -0.4 is 0 Å². The first-order valence-electron chi connectivity index (χ1n) is 27.4. The van der Waals surface area contributed by atoms with Crippen LogP contribution in [-0.2, 0) is 81.2 Å². The fourth-order valence-corrected chi connectivity index (χ4v) is 9.95. The first-order chi connectivity index (χ1) is 35.8. The number of carbonyl (C=O) groups excluding carboxylic acids is 2. The van der Waals surface area contributed by atoms with E-state index < -0.39 is 57.5 Å². The number of hydrogen-bond acceptors (Lipinski definition) is 14. The largest absolute Gasteiger partial charge is 0.469 e. The molecule has 2 saturated heterocycles. The van der Waals surface area contributed by atoms with Gasteiger partial charge in [0.2, 0.25) is 0 Å². The summed E-state index contributed by atoms with van der Waals surface area (Å²) < 4.78 is 71.7. The van der Waals surface area contributed by atoms with Crippen LogP contribution in [0.3, 0.4) is 0 Å². The highest BCUT2D eigenvalue weighted by atomic mass is 28.4. The van der Waals surface area contributed by atoms with Crippen molar-refractivity contribution in [1.82, 2.24) is 0 Å². The molecule has 2 fully saturated rings. The third kappa shape index (κ3) is 21.4. The molecule has 0 radical (unpaired) electrons. The predicted molar refractivity (Wildman–Crippen MR) is 286 cm³/mol. The summed E-state index contributed by atoms with van der Waals surface area (Å²) >= 11 is 0. The zero-order valence-corrected chi connectivity index (χ0v) is 46.7. The number of hydrogen-bond donors (Lipinski definition) is 1. The van der Waals surface area contributed by atoms with E-state index in [1.165, 1.54) is 14.2 Å². The molecule has 0 aliphatic carbocycles. The fraction of sp³-hybridized carbons (Fsp3) is 0.661. The molecule has 0 amide bonds. The monoisotopic (exact) mass is 1050 g/mol. The van der Waals surface area contributed by atoms with Crippen molar-refractivity contribution in [2.24, 2.45) is 0 Å². The van der Waals surface area contributed by atoms with Gasteiger partial charge in [-0.1, -0.05) is 163 Å². The molecule has 74 heavy (non-hydrogen) atoms. The Morgan fingerprint density at radius 2 is 1.00 bits per heavy atom. The van der Waals surface area contributed by atoms with Crippen LogP contribution in [0.2, 0.25) is 18.1 Å². The number of carbonyl (C=O) groups is 2. The summed E-state index contributed by atoms with van der Waals surface area (Å²) in [4.78, 5) is 23.3. The molecule has 3 aromatic rings. The molecule has 14 nitrogen and oxygen atoms in total. The lowest BCUT2D eigenvalue weighted by atomic mass is 9.97. The number of aliphatic hydroxyl groups excluding tert-OH is 1. The molecule has 15 heteroatoms. The van der Waals surface area contributed by atoms with Gasteiger partial charge in [0.15, 0.2) is 20.9 Å². The highest BCUT2D eigenvalue weighted by Gasteiger charge is 2.52. The topological polar surface area (TPSA) is 156 Å². The van der Waals surface area contributed by atoms with E-state index in [4.69, 9.17) is 51.8 Å². The summed E-state index contributed by atoms with van der Waals surface area (Å²) in [5.41, 5.74) is 2.89. The van der Waals surface area contributed by atoms with Crippen molar-refractivity contribution in [3.8, 4) is 0 Å². The summed E-state index contributed by atoms with van der Waals surface area (Å²) in [6.07, 6.45) is 5.78. The number of ether oxygens (including phenoxy) is 10. The van der Waals surface area contributed by atoms with E-state index in [1.807, 2.05) is 91.0 Å². The van der Waals surface area contributed by atoms with Crippen LogP contribution in [0.1, 0.15) is 134 Å². The van der Waals surface area contributed by atoms with E-state index in [0.29, 0.717) is 39.1 Å². The maximum Gasteiger partial charge on any atom is 0.305 e. The molecule has 3 aromatic carbocycles. The Bertz CT molecular complexity index is 1910. The Kier molecular flexibility index (Phi) is 27.8. The second-order valence-electron chi connectivity index (χ2n) is 21.2. The summed E-state index contributed by atoms with van der Waals surface area (Å²) in [5, 5.41) is 11.2. The average Bonchev–Trinajstić information content (AvgIpc) is 3.40.